The molecule has 4 heterocycles. The highest BCUT2D eigenvalue weighted by atomic mass is 32.2. The van der Waals surface area contributed by atoms with E-state index in [2.05, 4.69) is 68.5 Å². The second-order valence-electron chi connectivity index (χ2n) is 32.6. The smallest absolute Gasteiger partial charge is 0.246 e. The molecule has 41 nitrogen and oxygen atoms in total. The molecule has 2 aliphatic rings. The molecule has 2 fully saturated rings. The monoisotopic (exact) mass is 1800 g/mol. The molecule has 698 valence electrons. The molecule has 17 amide bonds. The van der Waals surface area contributed by atoms with Crippen LogP contribution in [0.3, 0.4) is 0 Å². The number of thioether (sulfide) groups is 1. The van der Waals surface area contributed by atoms with Crippen LogP contribution in [0.4, 0.5) is 0 Å². The van der Waals surface area contributed by atoms with Gasteiger partial charge in [-0.25, -0.2) is 0 Å². The van der Waals surface area contributed by atoms with Gasteiger partial charge in [0.05, 0.1) is 31.9 Å². The van der Waals surface area contributed by atoms with Crippen LogP contribution in [0.25, 0.3) is 21.8 Å². The largest absolute Gasteiger partial charge is 0.394 e. The molecule has 0 bridgehead atoms. The summed E-state index contributed by atoms with van der Waals surface area (Å²) in [6, 6.07) is 2.88. The Bertz CT molecular complexity index is 4760. The highest BCUT2D eigenvalue weighted by Crippen LogP contribution is 2.26. The van der Waals surface area contributed by atoms with E-state index in [4.69, 9.17) is 28.3 Å². The fourth-order valence-electron chi connectivity index (χ4n) is 15.2. The van der Waals surface area contributed by atoms with Gasteiger partial charge in [-0.3, -0.25) is 86.9 Å². The molecule has 13 atom stereocenters. The zero-order chi connectivity index (χ0) is 94.2. The van der Waals surface area contributed by atoms with E-state index in [1.165, 1.54) is 35.1 Å². The second kappa shape index (κ2) is 50.0. The van der Waals surface area contributed by atoms with Crippen LogP contribution in [0.15, 0.2) is 91.3 Å². The molecule has 0 spiro atoms. The lowest BCUT2D eigenvalue weighted by Crippen LogP contribution is -2.61. The van der Waals surface area contributed by atoms with Crippen LogP contribution in [0.2, 0.25) is 0 Å². The number of aromatic amines is 2. The summed E-state index contributed by atoms with van der Waals surface area (Å²) < 4.78 is 0. The number of benzene rings is 3. The number of likely N-dealkylation sites (N-methyl/N-ethyl adjacent to an activating group) is 4. The number of amides is 17. The van der Waals surface area contributed by atoms with Crippen molar-refractivity contribution < 1.29 is 86.6 Å². The van der Waals surface area contributed by atoms with Crippen LogP contribution in [-0.4, -0.2) is 304 Å². The van der Waals surface area contributed by atoms with Crippen LogP contribution in [-0.2, 0) is 101 Å². The van der Waals surface area contributed by atoms with E-state index in [0.717, 1.165) is 36.3 Å². The third-order valence-corrected chi connectivity index (χ3v) is 23.4. The van der Waals surface area contributed by atoms with E-state index in [1.807, 2.05) is 13.8 Å². The number of primary amides is 2. The predicted octanol–water partition coefficient (Wildman–Crippen LogP) is -3.14. The lowest BCUT2D eigenvalue weighted by molar-refractivity contribution is -0.149. The Hall–Kier alpha value is -12.7. The Kier molecular flexibility index (Phi) is 40.0. The number of nitrogens with zero attached hydrogens (tertiary/aromatic N) is 5. The summed E-state index contributed by atoms with van der Waals surface area (Å²) in [5, 5.41) is 49.0. The van der Waals surface area contributed by atoms with Gasteiger partial charge in [0.25, 0.3) is 0 Å². The quantitative estimate of drug-likeness (QED) is 0.0156. The number of hydrogen-bond acceptors (Lipinski definition) is 21. The van der Waals surface area contributed by atoms with Crippen molar-refractivity contribution >= 4 is 140 Å². The molecule has 5 aromatic rings. The van der Waals surface area contributed by atoms with Crippen molar-refractivity contribution in [2.24, 2.45) is 28.9 Å². The van der Waals surface area contributed by atoms with E-state index >= 15 is 19.2 Å². The van der Waals surface area contributed by atoms with Gasteiger partial charge in [-0.05, 0) is 86.6 Å². The van der Waals surface area contributed by atoms with E-state index in [9.17, 15) is 67.4 Å². The molecule has 23 N–H and O–H groups in total. The SMILES string of the molecule is CCCC[C@H]1C(=O)N(C)[C@@H](CCCC)C(=O)N[C@@H](CCCNC(=N)N)C(=O)N[C@H](C(=O)NCC(N)=O)CSCC(=O)N[C@@H](Cc2ccccc2)C(=O)N(C)[C@@H](C)C(=O)N[C@@H](CC(N)=O)C(=O)N2CCC[C@H]2C(=O)N[C@@H](CN)C(=O)N[C@@H](CC(C)C)C(=O)N(C)CC(=O)N[C@@H](Cc2c[nH]c3ccccc23)C(=O)N[C@@H](CO)C(=O)N[C@@H](Cc2c[nH]c3ccccc23)C(=O)N1C. The van der Waals surface area contributed by atoms with Crippen LogP contribution >= 0.6 is 11.8 Å². The van der Waals surface area contributed by atoms with Crippen LogP contribution in [0.1, 0.15) is 128 Å². The van der Waals surface area contributed by atoms with Gasteiger partial charge in [0.1, 0.15) is 78.5 Å². The van der Waals surface area contributed by atoms with Gasteiger partial charge in [-0.15, -0.1) is 11.8 Å². The summed E-state index contributed by atoms with van der Waals surface area (Å²) in [5.41, 5.74) is 25.8. The normalized spacial score (nSPS) is 23.9. The van der Waals surface area contributed by atoms with Gasteiger partial charge in [0.15, 0.2) is 5.96 Å². The number of carbonyl (C=O) groups excluding carboxylic acids is 17. The topological polar surface area (TPSA) is 618 Å². The van der Waals surface area contributed by atoms with Gasteiger partial charge >= 0.3 is 0 Å². The molecule has 128 heavy (non-hydrogen) atoms. The molecular weight excluding hydrogens is 1680 g/mol. The molecule has 2 saturated heterocycles. The van der Waals surface area contributed by atoms with Crippen molar-refractivity contribution in [1.82, 2.24) is 93.0 Å². The minimum absolute atomic E-state index is 0.00177. The van der Waals surface area contributed by atoms with Gasteiger partial charge in [0.2, 0.25) is 100 Å². The van der Waals surface area contributed by atoms with Crippen molar-refractivity contribution in [3.63, 3.8) is 0 Å². The lowest BCUT2D eigenvalue weighted by Gasteiger charge is -2.36. The number of hydrogen-bond donors (Lipinski definition) is 19. The number of aliphatic hydroxyl groups excluding tert-OH is 1. The summed E-state index contributed by atoms with van der Waals surface area (Å²) in [6.07, 6.45) is 3.55. The van der Waals surface area contributed by atoms with E-state index in [-0.39, 0.29) is 83.2 Å². The third-order valence-electron chi connectivity index (χ3n) is 22.4. The van der Waals surface area contributed by atoms with Crippen molar-refractivity contribution in [3.8, 4) is 0 Å². The predicted molar refractivity (Wildman–Crippen MR) is 476 cm³/mol. The average molecular weight is 1800 g/mol. The molecule has 0 radical (unpaired) electrons. The van der Waals surface area contributed by atoms with E-state index < -0.39 is 229 Å². The number of nitrogens with one attached hydrogen (secondary N) is 14. The number of fused-ring (bicyclic) bond motifs is 3. The summed E-state index contributed by atoms with van der Waals surface area (Å²) in [4.78, 5) is 258. The minimum atomic E-state index is -1.85. The second-order valence-corrected chi connectivity index (χ2v) is 33.6. The third kappa shape index (κ3) is 29.7. The maximum Gasteiger partial charge on any atom is 0.246 e. The zero-order valence-electron chi connectivity index (χ0n) is 73.8. The van der Waals surface area contributed by atoms with Crippen molar-refractivity contribution in [2.75, 3.05) is 79.0 Å². The molecule has 3 aromatic carbocycles. The van der Waals surface area contributed by atoms with Gasteiger partial charge in [0, 0.05) is 107 Å². The van der Waals surface area contributed by atoms with Gasteiger partial charge in [-0.2, -0.15) is 0 Å². The Balaban J connectivity index is 1.29. The number of nitrogens with two attached hydrogens (primary N) is 4. The Morgan fingerprint density at radius 2 is 1.05 bits per heavy atom. The maximum absolute atomic E-state index is 15.6. The van der Waals surface area contributed by atoms with Crippen molar-refractivity contribution in [2.45, 2.75) is 209 Å². The van der Waals surface area contributed by atoms with Crippen LogP contribution in [0, 0.1) is 11.3 Å². The Morgan fingerprint density at radius 3 is 1.65 bits per heavy atom. The number of para-hydroxylation sites is 2. The molecule has 0 unspecified atom stereocenters. The first-order chi connectivity index (χ1) is 60.9. The summed E-state index contributed by atoms with van der Waals surface area (Å²) in [5.74, 6) is -17.2. The molecule has 0 aliphatic carbocycles. The Labute approximate surface area is 746 Å². The number of aliphatic hydroxyl groups is 1. The van der Waals surface area contributed by atoms with E-state index in [1.54, 1.807) is 105 Å². The summed E-state index contributed by atoms with van der Waals surface area (Å²) >= 11 is 0.794. The van der Waals surface area contributed by atoms with Crippen LogP contribution in [0.5, 0.6) is 0 Å². The number of aromatic nitrogens is 2. The van der Waals surface area contributed by atoms with E-state index in [0.29, 0.717) is 64.2 Å². The molecule has 7 rings (SSSR count). The average Bonchev–Trinajstić information content (AvgIpc) is 1.51. The Morgan fingerprint density at radius 1 is 0.531 bits per heavy atom. The lowest BCUT2D eigenvalue weighted by atomic mass is 10.00. The number of unbranched alkanes of at least 4 members (excludes halogenated alkanes) is 2. The number of rotatable bonds is 25. The molecular formula is C86H125N23O18S. The molecule has 2 aromatic heterocycles. The van der Waals surface area contributed by atoms with Gasteiger partial charge < -0.3 is 121 Å². The van der Waals surface area contributed by atoms with Crippen molar-refractivity contribution in [3.05, 3.63) is 108 Å². The highest BCUT2D eigenvalue weighted by molar-refractivity contribution is 8.00. The number of H-pyrrole nitrogens is 2. The summed E-state index contributed by atoms with van der Waals surface area (Å²) in [6.45, 7) is 5.35. The highest BCUT2D eigenvalue weighted by Gasteiger charge is 2.44. The first-order valence-corrected chi connectivity index (χ1v) is 44.1. The zero-order valence-corrected chi connectivity index (χ0v) is 74.7. The minimum Gasteiger partial charge on any atom is -0.394 e. The first-order valence-electron chi connectivity index (χ1n) is 42.9. The van der Waals surface area contributed by atoms with Gasteiger partial charge in [-0.1, -0.05) is 120 Å². The summed E-state index contributed by atoms with van der Waals surface area (Å²) in [7, 11) is 5.23. The van der Waals surface area contributed by atoms with Crippen molar-refractivity contribution in [1.29, 1.82) is 5.41 Å². The molecule has 42 heteroatoms. The standard InChI is InChI=1S/C86H125N23O18S/c1-10-12-30-66-79(121)98-57(29-21-33-92-86(90)91)75(117)104-65(74(116)95-43-70(89)112)46-128-47-72(114)97-60(36-50-23-15-14-16-24-50)82(124)106(7)49(5)73(115)99-62(39-69(88)111)84(126)109-34-22-32-67(109)80(122)102-63(40-87)77(119)100-59(35-48(3)4)81(123)105(6)44-71(113)96-58(37-51-41-93-55-27-19-17-25-53(51)55)76(118)103-64(45-110)78(120)101-61(38-52-42-94-56-28-20-18-26-54(52)56)83(125)108(9)68(31-13-11-2)85(127)107(66)8/h14-20,23-28,41-42,48-49,57-68,93-94,110H,10-13,21-22,29-40,43-47,87H2,1-9H3,(H2,88,111)(H2,89,112)(H,95,116)(H,96,113)(H,97,114)(H,98,121)(H,99,115)(H,100,119)(H,101,120)(H,102,122)(H,103,118)(H,104,117)(H4,90,91,92)/t49-,57-,58-,59-,60-,61-,62-,63-,64-,65-,66-,67-,68-/m0/s1. The fourth-order valence-corrected chi connectivity index (χ4v) is 16.1. The maximum atomic E-state index is 15.6. The molecule has 0 saturated carbocycles. The number of carbonyl (C=O) groups is 17. The fraction of sp³-hybridized carbons (Fsp3) is 0.535. The first kappa shape index (κ1) is 102. The number of guanidine groups is 1. The van der Waals surface area contributed by atoms with Crippen LogP contribution < -0.4 is 81.4 Å². The molecule has 2 aliphatic heterocycles.